The highest BCUT2D eigenvalue weighted by Crippen LogP contribution is 2.34. The number of ether oxygens (including phenoxy) is 4. The lowest BCUT2D eigenvalue weighted by Crippen LogP contribution is -2.06. The lowest BCUT2D eigenvalue weighted by Gasteiger charge is -2.13. The van der Waals surface area contributed by atoms with Gasteiger partial charge in [0.15, 0.2) is 0 Å². The fourth-order valence-electron chi connectivity index (χ4n) is 8.70. The molecule has 0 aliphatic carbocycles. The van der Waals surface area contributed by atoms with Crippen molar-refractivity contribution in [2.75, 3.05) is 10.6 Å². The Hall–Kier alpha value is -10.4. The molecule has 0 unspecified atom stereocenters. The quantitative estimate of drug-likeness (QED) is 0.0519. The molecule has 0 atom stereocenters. The first kappa shape index (κ1) is 50.4. The van der Waals surface area contributed by atoms with Crippen LogP contribution in [-0.4, -0.2) is 55.8 Å². The van der Waals surface area contributed by atoms with Crippen LogP contribution in [0.1, 0.15) is 11.1 Å². The van der Waals surface area contributed by atoms with Crippen LogP contribution in [0.25, 0.3) is 55.2 Å². The van der Waals surface area contributed by atoms with Crippen molar-refractivity contribution in [3.63, 3.8) is 0 Å². The van der Waals surface area contributed by atoms with Crippen molar-refractivity contribution in [1.29, 1.82) is 0 Å². The van der Waals surface area contributed by atoms with E-state index in [0.29, 0.717) is 23.0 Å². The summed E-state index contributed by atoms with van der Waals surface area (Å²) in [5.74, 6) is 1.46. The van der Waals surface area contributed by atoms with Crippen molar-refractivity contribution in [3.05, 3.63) is 217 Å². The number of fused-ring (bicyclic) bond motifs is 4. The first-order valence-electron chi connectivity index (χ1n) is 24.4. The van der Waals surface area contributed by atoms with Crippen LogP contribution in [0.5, 0.6) is 47.0 Å². The van der Waals surface area contributed by atoms with Gasteiger partial charge in [-0.05, 0) is 127 Å². The number of anilines is 4. The first-order valence-corrected chi connectivity index (χ1v) is 27.3. The summed E-state index contributed by atoms with van der Waals surface area (Å²) >= 11 is 0. The van der Waals surface area contributed by atoms with E-state index in [4.69, 9.17) is 18.9 Å². The molecule has 2 aromatic heterocycles. The molecule has 0 amide bonds. The van der Waals surface area contributed by atoms with Crippen molar-refractivity contribution < 1.29 is 44.9 Å². The fourth-order valence-corrected chi connectivity index (χ4v) is 10.1. The third kappa shape index (κ3) is 11.6. The summed E-state index contributed by atoms with van der Waals surface area (Å²) < 4.78 is 97.5. The molecule has 392 valence electrons. The topological polar surface area (TPSA) is 247 Å². The number of rotatable bonds is 16. The van der Waals surface area contributed by atoms with Gasteiger partial charge in [-0.25, -0.2) is 0 Å². The van der Waals surface area contributed by atoms with Gasteiger partial charge in [-0.15, -0.1) is 9.97 Å². The Morgan fingerprint density at radius 2 is 0.600 bits per heavy atom. The maximum Gasteiger partial charge on any atom is 0.330 e. The summed E-state index contributed by atoms with van der Waals surface area (Å²) in [6, 6.07) is 60.1. The molecule has 18 nitrogen and oxygen atoms in total. The summed E-state index contributed by atoms with van der Waals surface area (Å²) in [5, 5.41) is 13.5. The third-order valence-electron chi connectivity index (χ3n) is 12.4. The summed E-state index contributed by atoms with van der Waals surface area (Å²) in [5.41, 5.74) is 0.110. The Kier molecular flexibility index (Phi) is 13.4. The SMILES string of the molecule is O=S(=O)(O)c1cc(Nc2nc(Oc3ccc4ccccc4c3)nc(Oc3ccc4ccccc4c3)n2)ccc1/C=C/c1ccc(Nc2nc(Oc3ccc4ccccc4c3)nc(Oc3ccc4ccccc4c3)n2)cc1S(=O)(=O)O. The van der Waals surface area contributed by atoms with E-state index in [1.165, 1.54) is 36.4 Å². The zero-order chi connectivity index (χ0) is 54.8. The van der Waals surface area contributed by atoms with Gasteiger partial charge in [0.05, 0.1) is 0 Å². The molecule has 0 aliphatic rings. The van der Waals surface area contributed by atoms with Crippen LogP contribution < -0.4 is 29.6 Å². The van der Waals surface area contributed by atoms with Gasteiger partial charge in [-0.3, -0.25) is 9.11 Å². The standard InChI is InChI=1S/C60H40N8O10S2/c69-79(70,71)53-35-47(61-55-63-57(75-49-27-21-37-9-1-5-13-43(37)31-49)67-58(64-55)76-50-28-22-38-10-2-6-14-44(38)32-50)25-19-41(53)17-18-42-20-26-48(36-54(42)80(72,73)74)62-56-65-59(77-51-29-23-39-11-3-7-15-45(39)33-51)68-60(66-56)78-52-30-24-40-12-4-8-16-46(40)34-52/h1-36H,(H,69,70,71)(H,72,73,74)(H,61,63,64,67)(H,62,65,66,68)/b18-17+. The minimum absolute atomic E-state index is 0.0547. The van der Waals surface area contributed by atoms with E-state index in [2.05, 4.69) is 40.5 Å². The van der Waals surface area contributed by atoms with Crippen molar-refractivity contribution in [1.82, 2.24) is 29.9 Å². The minimum Gasteiger partial charge on any atom is -0.424 e. The molecule has 4 N–H and O–H groups in total. The van der Waals surface area contributed by atoms with Gasteiger partial charge in [0.1, 0.15) is 32.8 Å². The maximum atomic E-state index is 13.0. The van der Waals surface area contributed by atoms with E-state index in [-0.39, 0.29) is 58.4 Å². The Labute approximate surface area is 456 Å². The van der Waals surface area contributed by atoms with Gasteiger partial charge in [0.25, 0.3) is 20.2 Å². The Morgan fingerprint density at radius 3 is 0.875 bits per heavy atom. The fraction of sp³-hybridized carbons (Fsp3) is 0. The van der Waals surface area contributed by atoms with Crippen LogP contribution >= 0.6 is 0 Å². The van der Waals surface area contributed by atoms with Crippen molar-refractivity contribution in [2.24, 2.45) is 0 Å². The molecule has 12 aromatic rings. The van der Waals surface area contributed by atoms with Crippen LogP contribution in [0.2, 0.25) is 0 Å². The highest BCUT2D eigenvalue weighted by atomic mass is 32.2. The summed E-state index contributed by atoms with van der Waals surface area (Å²) in [7, 11) is -9.89. The zero-order valence-corrected chi connectivity index (χ0v) is 43.1. The van der Waals surface area contributed by atoms with Gasteiger partial charge in [0, 0.05) is 11.4 Å². The van der Waals surface area contributed by atoms with Crippen LogP contribution in [0.15, 0.2) is 216 Å². The van der Waals surface area contributed by atoms with E-state index in [0.717, 1.165) is 55.2 Å². The van der Waals surface area contributed by atoms with Gasteiger partial charge in [-0.1, -0.05) is 146 Å². The molecule has 0 spiro atoms. The molecule has 2 heterocycles. The van der Waals surface area contributed by atoms with Gasteiger partial charge < -0.3 is 29.6 Å². The van der Waals surface area contributed by atoms with Crippen LogP contribution in [0.4, 0.5) is 23.3 Å². The summed E-state index contributed by atoms with van der Waals surface area (Å²) in [6.07, 6.45) is 2.52. The molecule has 12 rings (SSSR count). The normalized spacial score (nSPS) is 11.8. The van der Waals surface area contributed by atoms with Crippen LogP contribution in [-0.2, 0) is 20.2 Å². The second-order valence-corrected chi connectivity index (χ2v) is 20.7. The van der Waals surface area contributed by atoms with E-state index in [1.807, 2.05) is 146 Å². The number of benzene rings is 10. The largest absolute Gasteiger partial charge is 0.424 e. The Morgan fingerprint density at radius 1 is 0.325 bits per heavy atom. The lowest BCUT2D eigenvalue weighted by molar-refractivity contribution is 0.398. The first-order chi connectivity index (χ1) is 38.8. The molecule has 0 fully saturated rings. The monoisotopic (exact) mass is 1100 g/mol. The van der Waals surface area contributed by atoms with E-state index < -0.39 is 30.0 Å². The summed E-state index contributed by atoms with van der Waals surface area (Å²) in [4.78, 5) is 25.5. The van der Waals surface area contributed by atoms with E-state index >= 15 is 0 Å². The predicted molar refractivity (Wildman–Crippen MR) is 304 cm³/mol. The third-order valence-corrected chi connectivity index (χ3v) is 14.3. The molecule has 0 saturated carbocycles. The number of nitrogens with one attached hydrogen (secondary N) is 2. The molecule has 0 saturated heterocycles. The molecule has 80 heavy (non-hydrogen) atoms. The van der Waals surface area contributed by atoms with Gasteiger partial charge in [-0.2, -0.15) is 36.8 Å². The highest BCUT2D eigenvalue weighted by molar-refractivity contribution is 7.86. The van der Waals surface area contributed by atoms with E-state index in [1.54, 1.807) is 24.3 Å². The second-order valence-electron chi connectivity index (χ2n) is 17.9. The zero-order valence-electron chi connectivity index (χ0n) is 41.4. The van der Waals surface area contributed by atoms with Gasteiger partial charge >= 0.3 is 24.0 Å². The average molecular weight is 1100 g/mol. The van der Waals surface area contributed by atoms with E-state index in [9.17, 15) is 25.9 Å². The lowest BCUT2D eigenvalue weighted by atomic mass is 10.1. The number of hydrogen-bond acceptors (Lipinski definition) is 16. The number of aromatic nitrogens is 6. The minimum atomic E-state index is -4.94. The molecule has 0 bridgehead atoms. The molecule has 0 aliphatic heterocycles. The number of hydrogen-bond donors (Lipinski definition) is 4. The Balaban J connectivity index is 0.829. The molecule has 20 heteroatoms. The second kappa shape index (κ2) is 21.2. The van der Waals surface area contributed by atoms with Crippen molar-refractivity contribution in [3.8, 4) is 47.0 Å². The average Bonchev–Trinajstić information content (AvgIpc) is 3.45. The maximum absolute atomic E-state index is 13.0. The smallest absolute Gasteiger partial charge is 0.330 e. The highest BCUT2D eigenvalue weighted by Gasteiger charge is 2.21. The number of nitrogens with zero attached hydrogens (tertiary/aromatic N) is 6. The predicted octanol–water partition coefficient (Wildman–Crippen LogP) is 14.0. The van der Waals surface area contributed by atoms with Crippen LogP contribution in [0, 0.1) is 0 Å². The van der Waals surface area contributed by atoms with Crippen molar-refractivity contribution >= 4 is 98.7 Å². The molecule has 0 radical (unpaired) electrons. The van der Waals surface area contributed by atoms with Crippen LogP contribution in [0.3, 0.4) is 0 Å². The molecular formula is C60H40N8O10S2. The summed E-state index contributed by atoms with van der Waals surface area (Å²) in [6.45, 7) is 0. The Bertz CT molecular complexity index is 4170. The molecular weight excluding hydrogens is 1060 g/mol. The molecule has 10 aromatic carbocycles. The van der Waals surface area contributed by atoms with Gasteiger partial charge in [0.2, 0.25) is 11.9 Å². The van der Waals surface area contributed by atoms with Crippen molar-refractivity contribution in [2.45, 2.75) is 9.79 Å².